The SMILES string of the molecule is Cc1cccc(NC(=O)CN(CCc2ccccc2)S(=O)(=O)c2cc(Cl)ccc2Cl)c1. The minimum absolute atomic E-state index is 0.0493. The van der Waals surface area contributed by atoms with E-state index in [0.717, 1.165) is 15.4 Å². The molecular formula is C23H22Cl2N2O3S. The smallest absolute Gasteiger partial charge is 0.245 e. The maximum atomic E-state index is 13.4. The van der Waals surface area contributed by atoms with E-state index in [1.807, 2.05) is 55.5 Å². The average Bonchev–Trinajstić information content (AvgIpc) is 2.73. The first-order chi connectivity index (χ1) is 14.8. The summed E-state index contributed by atoms with van der Waals surface area (Å²) in [7, 11) is -4.06. The van der Waals surface area contributed by atoms with E-state index in [-0.39, 0.29) is 28.0 Å². The molecule has 1 amide bonds. The molecule has 0 saturated heterocycles. The Kier molecular flexibility index (Phi) is 7.73. The second-order valence-electron chi connectivity index (χ2n) is 7.07. The lowest BCUT2D eigenvalue weighted by atomic mass is 10.1. The van der Waals surface area contributed by atoms with Crippen LogP contribution in [0.3, 0.4) is 0 Å². The Labute approximate surface area is 192 Å². The molecule has 0 atom stereocenters. The lowest BCUT2D eigenvalue weighted by molar-refractivity contribution is -0.116. The van der Waals surface area contributed by atoms with Gasteiger partial charge in [0.05, 0.1) is 11.6 Å². The molecule has 0 aromatic heterocycles. The van der Waals surface area contributed by atoms with Gasteiger partial charge >= 0.3 is 0 Å². The summed E-state index contributed by atoms with van der Waals surface area (Å²) in [5, 5.41) is 3.05. The van der Waals surface area contributed by atoms with Gasteiger partial charge in [0.15, 0.2) is 0 Å². The van der Waals surface area contributed by atoms with Gasteiger partial charge in [0.1, 0.15) is 4.90 Å². The highest BCUT2D eigenvalue weighted by Crippen LogP contribution is 2.28. The Morgan fingerprint density at radius 1 is 0.968 bits per heavy atom. The predicted octanol–water partition coefficient (Wildman–Crippen LogP) is 5.17. The van der Waals surface area contributed by atoms with Crippen molar-refractivity contribution in [2.45, 2.75) is 18.2 Å². The van der Waals surface area contributed by atoms with Gasteiger partial charge in [-0.15, -0.1) is 0 Å². The van der Waals surface area contributed by atoms with Crippen LogP contribution in [0.25, 0.3) is 0 Å². The molecule has 3 aromatic carbocycles. The third kappa shape index (κ3) is 6.31. The molecule has 8 heteroatoms. The quantitative estimate of drug-likeness (QED) is 0.487. The number of hydrogen-bond acceptors (Lipinski definition) is 3. The number of aryl methyl sites for hydroxylation is 1. The van der Waals surface area contributed by atoms with Crippen molar-refractivity contribution < 1.29 is 13.2 Å². The molecule has 31 heavy (non-hydrogen) atoms. The Balaban J connectivity index is 1.86. The summed E-state index contributed by atoms with van der Waals surface area (Å²) in [6, 6.07) is 21.0. The maximum Gasteiger partial charge on any atom is 0.245 e. The second-order valence-corrected chi connectivity index (χ2v) is 9.82. The lowest BCUT2D eigenvalue weighted by Gasteiger charge is -2.22. The minimum atomic E-state index is -4.06. The summed E-state index contributed by atoms with van der Waals surface area (Å²) in [6.07, 6.45) is 0.440. The van der Waals surface area contributed by atoms with Crippen LogP contribution in [0.2, 0.25) is 10.0 Å². The van der Waals surface area contributed by atoms with E-state index >= 15 is 0 Å². The number of carbonyl (C=O) groups excluding carboxylic acids is 1. The summed E-state index contributed by atoms with van der Waals surface area (Å²) in [6.45, 7) is 1.66. The van der Waals surface area contributed by atoms with Crippen molar-refractivity contribution in [3.8, 4) is 0 Å². The first kappa shape index (κ1) is 23.3. The number of amides is 1. The van der Waals surface area contributed by atoms with Crippen LogP contribution in [-0.2, 0) is 21.2 Å². The van der Waals surface area contributed by atoms with Crippen molar-refractivity contribution >= 4 is 44.8 Å². The fourth-order valence-electron chi connectivity index (χ4n) is 3.08. The van der Waals surface area contributed by atoms with Gasteiger partial charge in [-0.25, -0.2) is 8.42 Å². The van der Waals surface area contributed by atoms with Crippen LogP contribution in [-0.4, -0.2) is 31.7 Å². The molecule has 1 N–H and O–H groups in total. The van der Waals surface area contributed by atoms with E-state index in [2.05, 4.69) is 5.32 Å². The molecule has 3 aromatic rings. The highest BCUT2D eigenvalue weighted by molar-refractivity contribution is 7.89. The summed E-state index contributed by atoms with van der Waals surface area (Å²) in [5.74, 6) is -0.444. The molecule has 0 saturated carbocycles. The first-order valence-electron chi connectivity index (χ1n) is 9.61. The van der Waals surface area contributed by atoms with Crippen molar-refractivity contribution in [2.75, 3.05) is 18.4 Å². The Morgan fingerprint density at radius 3 is 2.42 bits per heavy atom. The third-order valence-electron chi connectivity index (χ3n) is 4.63. The molecule has 0 aliphatic rings. The monoisotopic (exact) mass is 476 g/mol. The van der Waals surface area contributed by atoms with E-state index in [1.54, 1.807) is 6.07 Å². The van der Waals surface area contributed by atoms with E-state index in [9.17, 15) is 13.2 Å². The molecule has 5 nitrogen and oxygen atoms in total. The molecular weight excluding hydrogens is 455 g/mol. The fraction of sp³-hybridized carbons (Fsp3) is 0.174. The highest BCUT2D eigenvalue weighted by Gasteiger charge is 2.29. The number of nitrogens with zero attached hydrogens (tertiary/aromatic N) is 1. The van der Waals surface area contributed by atoms with Crippen molar-refractivity contribution in [1.29, 1.82) is 0 Å². The molecule has 0 bridgehead atoms. The number of rotatable bonds is 8. The van der Waals surface area contributed by atoms with Gasteiger partial charge in [0, 0.05) is 17.3 Å². The maximum absolute atomic E-state index is 13.4. The molecule has 3 rings (SSSR count). The summed E-state index contributed by atoms with van der Waals surface area (Å²) in [5.41, 5.74) is 2.54. The zero-order valence-corrected chi connectivity index (χ0v) is 19.2. The fourth-order valence-corrected chi connectivity index (χ4v) is 5.21. The topological polar surface area (TPSA) is 66.5 Å². The highest BCUT2D eigenvalue weighted by atomic mass is 35.5. The number of hydrogen-bond donors (Lipinski definition) is 1. The predicted molar refractivity (Wildman–Crippen MR) is 125 cm³/mol. The lowest BCUT2D eigenvalue weighted by Crippen LogP contribution is -2.39. The van der Waals surface area contributed by atoms with Crippen LogP contribution in [0.4, 0.5) is 5.69 Å². The van der Waals surface area contributed by atoms with Gasteiger partial charge in [0.25, 0.3) is 0 Å². The van der Waals surface area contributed by atoms with Crippen LogP contribution in [0.1, 0.15) is 11.1 Å². The standard InChI is InChI=1S/C23H22Cl2N2O3S/c1-17-6-5-9-20(14-17)26-23(28)16-27(13-12-18-7-3-2-4-8-18)31(29,30)22-15-19(24)10-11-21(22)25/h2-11,14-15H,12-13,16H2,1H3,(H,26,28). The van der Waals surface area contributed by atoms with Crippen LogP contribution in [0.5, 0.6) is 0 Å². The Morgan fingerprint density at radius 2 is 1.71 bits per heavy atom. The zero-order chi connectivity index (χ0) is 22.4. The molecule has 0 spiro atoms. The number of carbonyl (C=O) groups is 1. The average molecular weight is 477 g/mol. The van der Waals surface area contributed by atoms with Gasteiger partial charge < -0.3 is 5.32 Å². The van der Waals surface area contributed by atoms with Gasteiger partial charge in [-0.2, -0.15) is 4.31 Å². The number of anilines is 1. The molecule has 0 unspecified atom stereocenters. The Hall–Kier alpha value is -2.38. The third-order valence-corrected chi connectivity index (χ3v) is 7.19. The van der Waals surface area contributed by atoms with Crippen molar-refractivity contribution in [3.05, 3.63) is 94.0 Å². The molecule has 0 aliphatic carbocycles. The summed E-state index contributed by atoms with van der Waals surface area (Å²) < 4.78 is 27.9. The summed E-state index contributed by atoms with van der Waals surface area (Å²) >= 11 is 12.2. The van der Waals surface area contributed by atoms with Crippen LogP contribution >= 0.6 is 23.2 Å². The van der Waals surface area contributed by atoms with Crippen LogP contribution < -0.4 is 5.32 Å². The molecule has 0 aliphatic heterocycles. The van der Waals surface area contributed by atoms with Gasteiger partial charge in [-0.3, -0.25) is 4.79 Å². The largest absolute Gasteiger partial charge is 0.325 e. The van der Waals surface area contributed by atoms with Crippen LogP contribution in [0, 0.1) is 6.92 Å². The number of nitrogens with one attached hydrogen (secondary N) is 1. The molecule has 0 radical (unpaired) electrons. The van der Waals surface area contributed by atoms with Gasteiger partial charge in [-0.05, 0) is 54.8 Å². The van der Waals surface area contributed by atoms with Crippen LogP contribution in [0.15, 0.2) is 77.7 Å². The minimum Gasteiger partial charge on any atom is -0.325 e. The Bertz CT molecular complexity index is 1170. The number of sulfonamides is 1. The molecule has 0 fully saturated rings. The summed E-state index contributed by atoms with van der Waals surface area (Å²) in [4.78, 5) is 12.6. The molecule has 0 heterocycles. The van der Waals surface area contributed by atoms with Gasteiger partial charge in [-0.1, -0.05) is 65.7 Å². The van der Waals surface area contributed by atoms with E-state index in [1.165, 1.54) is 18.2 Å². The first-order valence-corrected chi connectivity index (χ1v) is 11.8. The van der Waals surface area contributed by atoms with Gasteiger partial charge in [0.2, 0.25) is 15.9 Å². The van der Waals surface area contributed by atoms with E-state index in [0.29, 0.717) is 12.1 Å². The number of benzene rings is 3. The van der Waals surface area contributed by atoms with Crippen molar-refractivity contribution in [1.82, 2.24) is 4.31 Å². The van der Waals surface area contributed by atoms with E-state index in [4.69, 9.17) is 23.2 Å². The van der Waals surface area contributed by atoms with E-state index < -0.39 is 15.9 Å². The second kappa shape index (κ2) is 10.3. The molecule has 162 valence electrons. The van der Waals surface area contributed by atoms with Crippen molar-refractivity contribution in [3.63, 3.8) is 0 Å². The normalized spacial score (nSPS) is 11.5. The number of halogens is 2. The van der Waals surface area contributed by atoms with Crippen molar-refractivity contribution in [2.24, 2.45) is 0 Å². The zero-order valence-electron chi connectivity index (χ0n) is 16.9.